The number of anilines is 2. The van der Waals surface area contributed by atoms with E-state index < -0.39 is 11.7 Å². The number of aromatic nitrogens is 1. The van der Waals surface area contributed by atoms with Gasteiger partial charge in [0.15, 0.2) is 0 Å². The predicted molar refractivity (Wildman–Crippen MR) is 102 cm³/mol. The fraction of sp³-hybridized carbons (Fsp3) is 0.312. The number of nitrogens with one attached hydrogen (secondary N) is 2. The number of amides is 1. The van der Waals surface area contributed by atoms with Crippen molar-refractivity contribution in [3.8, 4) is 0 Å². The Balaban J connectivity index is 2.10. The molecule has 0 spiro atoms. The van der Waals surface area contributed by atoms with E-state index in [4.69, 9.17) is 4.74 Å². The molecule has 0 bridgehead atoms. The number of benzene rings is 1. The number of nitrogens with zero attached hydrogens (tertiary/aromatic N) is 2. The number of hydrogen-bond acceptors (Lipinski definition) is 6. The van der Waals surface area contributed by atoms with Gasteiger partial charge in [-0.1, -0.05) is 22.0 Å². The number of hydrogen-bond donors (Lipinski definition) is 2. The maximum atomic E-state index is 12.0. The highest BCUT2D eigenvalue weighted by Crippen LogP contribution is 2.21. The molecule has 2 N–H and O–H groups in total. The Morgan fingerprint density at radius 3 is 2.79 bits per heavy atom. The van der Waals surface area contributed by atoms with Crippen LogP contribution in [0, 0.1) is 6.92 Å². The summed E-state index contributed by atoms with van der Waals surface area (Å²) in [7, 11) is 0. The lowest BCUT2D eigenvalue weighted by Gasteiger charge is -2.20. The quantitative estimate of drug-likeness (QED) is 0.548. The summed E-state index contributed by atoms with van der Waals surface area (Å²) in [5, 5.41) is 9.55. The van der Waals surface area contributed by atoms with Crippen LogP contribution in [0.5, 0.6) is 0 Å². The van der Waals surface area contributed by atoms with E-state index in [1.54, 1.807) is 12.3 Å². The van der Waals surface area contributed by atoms with Crippen molar-refractivity contribution in [1.29, 1.82) is 0 Å². The van der Waals surface area contributed by atoms with E-state index in [0.29, 0.717) is 10.8 Å². The van der Waals surface area contributed by atoms with E-state index in [0.717, 1.165) is 15.7 Å². The second-order valence-corrected chi connectivity index (χ2v) is 7.80. The molecule has 0 radical (unpaired) electrons. The third-order valence-electron chi connectivity index (χ3n) is 2.63. The number of carbonyl (C=O) groups is 1. The predicted octanol–water partition coefficient (Wildman–Crippen LogP) is 5.01. The molecule has 6 nitrogen and oxygen atoms in total. The Labute approximate surface area is 153 Å². The van der Waals surface area contributed by atoms with Crippen LogP contribution in [-0.4, -0.2) is 22.9 Å². The lowest BCUT2D eigenvalue weighted by Crippen LogP contribution is -2.27. The van der Waals surface area contributed by atoms with Gasteiger partial charge in [-0.15, -0.1) is 11.3 Å². The molecule has 0 saturated heterocycles. The molecule has 2 aromatic rings. The first-order valence-electron chi connectivity index (χ1n) is 7.24. The number of hydrazone groups is 1. The van der Waals surface area contributed by atoms with E-state index in [9.17, 15) is 4.79 Å². The molecule has 1 aromatic carbocycles. The minimum absolute atomic E-state index is 0.515. The zero-order valence-corrected chi connectivity index (χ0v) is 16.3. The van der Waals surface area contributed by atoms with Gasteiger partial charge in [0, 0.05) is 15.4 Å². The topological polar surface area (TPSA) is 75.6 Å². The SMILES string of the molecule is Cc1csc(NN=Cc2ccc(Br)cc2NC(=O)OC(C)(C)C)n1. The molecule has 8 heteroatoms. The third kappa shape index (κ3) is 5.93. The zero-order valence-electron chi connectivity index (χ0n) is 13.9. The van der Waals surface area contributed by atoms with Crippen LogP contribution in [0.4, 0.5) is 15.6 Å². The maximum absolute atomic E-state index is 12.0. The van der Waals surface area contributed by atoms with Crippen LogP contribution < -0.4 is 10.7 Å². The Kier molecular flexibility index (Phi) is 5.95. The summed E-state index contributed by atoms with van der Waals surface area (Å²) in [4.78, 5) is 16.2. The van der Waals surface area contributed by atoms with Crippen LogP contribution in [0.3, 0.4) is 0 Å². The lowest BCUT2D eigenvalue weighted by molar-refractivity contribution is 0.0636. The average molecular weight is 411 g/mol. The monoisotopic (exact) mass is 410 g/mol. The van der Waals surface area contributed by atoms with E-state index in [1.807, 2.05) is 45.2 Å². The molecule has 1 amide bonds. The first-order chi connectivity index (χ1) is 11.2. The molecule has 0 saturated carbocycles. The summed E-state index contributed by atoms with van der Waals surface area (Å²) >= 11 is 4.87. The molecule has 128 valence electrons. The normalized spacial score (nSPS) is 11.5. The van der Waals surface area contributed by atoms with Gasteiger partial charge in [-0.2, -0.15) is 5.10 Å². The van der Waals surface area contributed by atoms with E-state index in [-0.39, 0.29) is 0 Å². The molecule has 0 unspecified atom stereocenters. The first-order valence-corrected chi connectivity index (χ1v) is 8.91. The fourth-order valence-corrected chi connectivity index (χ4v) is 2.72. The maximum Gasteiger partial charge on any atom is 0.412 e. The van der Waals surface area contributed by atoms with Gasteiger partial charge in [0.25, 0.3) is 0 Å². The van der Waals surface area contributed by atoms with Crippen molar-refractivity contribution in [3.63, 3.8) is 0 Å². The highest BCUT2D eigenvalue weighted by molar-refractivity contribution is 9.10. The van der Waals surface area contributed by atoms with Gasteiger partial charge in [0.2, 0.25) is 5.13 Å². The number of halogens is 1. The third-order valence-corrected chi connectivity index (χ3v) is 3.99. The van der Waals surface area contributed by atoms with Crippen LogP contribution >= 0.6 is 27.3 Å². The van der Waals surface area contributed by atoms with E-state index in [1.165, 1.54) is 11.3 Å². The van der Waals surface area contributed by atoms with Gasteiger partial charge in [0.05, 0.1) is 17.6 Å². The van der Waals surface area contributed by atoms with Crippen molar-refractivity contribution in [2.24, 2.45) is 5.10 Å². The Morgan fingerprint density at radius 2 is 2.17 bits per heavy atom. The molecular weight excluding hydrogens is 392 g/mol. The summed E-state index contributed by atoms with van der Waals surface area (Å²) in [6.07, 6.45) is 1.11. The Morgan fingerprint density at radius 1 is 1.42 bits per heavy atom. The largest absolute Gasteiger partial charge is 0.444 e. The van der Waals surface area contributed by atoms with Crippen LogP contribution in [0.15, 0.2) is 33.2 Å². The highest BCUT2D eigenvalue weighted by atomic mass is 79.9. The molecule has 2 rings (SSSR count). The van der Waals surface area contributed by atoms with Gasteiger partial charge >= 0.3 is 6.09 Å². The number of thiazole rings is 1. The summed E-state index contributed by atoms with van der Waals surface area (Å²) in [6.45, 7) is 7.37. The van der Waals surface area contributed by atoms with E-state index >= 15 is 0 Å². The van der Waals surface area contributed by atoms with Gasteiger partial charge in [0.1, 0.15) is 5.60 Å². The summed E-state index contributed by atoms with van der Waals surface area (Å²) in [5.74, 6) is 0. The molecule has 24 heavy (non-hydrogen) atoms. The second-order valence-electron chi connectivity index (χ2n) is 6.02. The van der Waals surface area contributed by atoms with E-state index in [2.05, 4.69) is 36.8 Å². The molecule has 0 aliphatic carbocycles. The lowest BCUT2D eigenvalue weighted by atomic mass is 10.2. The molecule has 0 fully saturated rings. The van der Waals surface area contributed by atoms with Crippen molar-refractivity contribution in [3.05, 3.63) is 39.3 Å². The minimum atomic E-state index is -0.561. The van der Waals surface area contributed by atoms with Crippen molar-refractivity contribution in [2.75, 3.05) is 10.7 Å². The second kappa shape index (κ2) is 7.76. The van der Waals surface area contributed by atoms with Crippen molar-refractivity contribution in [1.82, 2.24) is 4.98 Å². The van der Waals surface area contributed by atoms with Gasteiger partial charge in [-0.05, 0) is 39.8 Å². The van der Waals surface area contributed by atoms with Gasteiger partial charge in [-0.25, -0.2) is 9.78 Å². The number of ether oxygens (including phenoxy) is 1. The fourth-order valence-electron chi connectivity index (χ4n) is 1.73. The van der Waals surface area contributed by atoms with Crippen molar-refractivity contribution in [2.45, 2.75) is 33.3 Å². The first kappa shape index (κ1) is 18.4. The zero-order chi connectivity index (χ0) is 17.7. The van der Waals surface area contributed by atoms with Crippen molar-refractivity contribution >= 4 is 50.4 Å². The Bertz CT molecular complexity index is 753. The molecule has 1 heterocycles. The van der Waals surface area contributed by atoms with Crippen LogP contribution in [0.1, 0.15) is 32.0 Å². The average Bonchev–Trinajstić information content (AvgIpc) is 2.85. The van der Waals surface area contributed by atoms with Crippen LogP contribution in [0.2, 0.25) is 0 Å². The molecule has 0 aliphatic rings. The number of rotatable bonds is 4. The molecular formula is C16H19BrN4O2S. The smallest absolute Gasteiger partial charge is 0.412 e. The minimum Gasteiger partial charge on any atom is -0.444 e. The van der Waals surface area contributed by atoms with Gasteiger partial charge in [-0.3, -0.25) is 10.7 Å². The van der Waals surface area contributed by atoms with Crippen molar-refractivity contribution < 1.29 is 9.53 Å². The molecule has 1 aromatic heterocycles. The van der Waals surface area contributed by atoms with Crippen LogP contribution in [0.25, 0.3) is 0 Å². The Hall–Kier alpha value is -1.93. The van der Waals surface area contributed by atoms with Crippen LogP contribution in [-0.2, 0) is 4.74 Å². The summed E-state index contributed by atoms with van der Waals surface area (Å²) in [6, 6.07) is 5.50. The standard InChI is InChI=1S/C16H19BrN4O2S/c1-10-9-24-14(19-10)21-18-8-11-5-6-12(17)7-13(11)20-15(22)23-16(2,3)4/h5-9H,1-4H3,(H,19,21)(H,20,22). The summed E-state index contributed by atoms with van der Waals surface area (Å²) in [5.41, 5.74) is 4.58. The highest BCUT2D eigenvalue weighted by Gasteiger charge is 2.17. The van der Waals surface area contributed by atoms with Gasteiger partial charge < -0.3 is 4.74 Å². The number of carbonyl (C=O) groups excluding carboxylic acids is 1. The number of aryl methyl sites for hydroxylation is 1. The molecule has 0 aliphatic heterocycles. The summed E-state index contributed by atoms with van der Waals surface area (Å²) < 4.78 is 6.12. The molecule has 0 atom stereocenters.